The van der Waals surface area contributed by atoms with Gasteiger partial charge in [0.25, 0.3) is 0 Å². The normalized spacial score (nSPS) is 22.6. The predicted octanol–water partition coefficient (Wildman–Crippen LogP) is 2.68. The summed E-state index contributed by atoms with van der Waals surface area (Å²) < 4.78 is 5.34. The van der Waals surface area contributed by atoms with E-state index in [0.29, 0.717) is 6.10 Å². The second kappa shape index (κ2) is 4.70. The maximum absolute atomic E-state index is 5.34. The van der Waals surface area contributed by atoms with Gasteiger partial charge in [0.05, 0.1) is 12.4 Å². The molecule has 1 aliphatic rings. The zero-order chi connectivity index (χ0) is 8.10. The van der Waals surface area contributed by atoms with E-state index in [4.69, 9.17) is 4.74 Å². The van der Waals surface area contributed by atoms with E-state index >= 15 is 0 Å². The Morgan fingerprint density at radius 2 is 2.18 bits per heavy atom. The number of thioether (sulfide) groups is 1. The van der Waals surface area contributed by atoms with Crippen molar-refractivity contribution in [1.82, 2.24) is 0 Å². The van der Waals surface area contributed by atoms with E-state index in [0.717, 1.165) is 5.92 Å². The molecule has 0 radical (unpaired) electrons. The molecule has 64 valence electrons. The summed E-state index contributed by atoms with van der Waals surface area (Å²) in [5, 5.41) is 0. The summed E-state index contributed by atoms with van der Waals surface area (Å²) in [4.78, 5) is 0. The Labute approximate surface area is 73.2 Å². The second-order valence-corrected chi connectivity index (χ2v) is 4.18. The molecule has 0 N–H and O–H groups in total. The zero-order valence-electron chi connectivity index (χ0n) is 7.08. The van der Waals surface area contributed by atoms with Gasteiger partial charge >= 0.3 is 0 Å². The van der Waals surface area contributed by atoms with Crippen molar-refractivity contribution >= 4 is 11.8 Å². The average Bonchev–Trinajstić information content (AvgIpc) is 2.07. The van der Waals surface area contributed by atoms with Crippen LogP contribution in [0.1, 0.15) is 19.8 Å². The molecule has 0 aliphatic carbocycles. The van der Waals surface area contributed by atoms with Gasteiger partial charge < -0.3 is 4.74 Å². The maximum Gasteiger partial charge on any atom is 0.0978 e. The highest BCUT2D eigenvalue weighted by Crippen LogP contribution is 2.26. The van der Waals surface area contributed by atoms with Gasteiger partial charge in [-0.3, -0.25) is 0 Å². The molecule has 0 aromatic carbocycles. The first-order valence-corrected chi connectivity index (χ1v) is 5.34. The number of hydrogen-bond donors (Lipinski definition) is 0. The van der Waals surface area contributed by atoms with Crippen LogP contribution in [0.2, 0.25) is 0 Å². The third kappa shape index (κ3) is 2.78. The highest BCUT2D eigenvalue weighted by atomic mass is 32.2. The molecule has 1 heterocycles. The molecular formula is C9H16OS. The van der Waals surface area contributed by atoms with Gasteiger partial charge in [0.15, 0.2) is 0 Å². The lowest BCUT2D eigenvalue weighted by molar-refractivity contribution is 0.0980. The van der Waals surface area contributed by atoms with Crippen LogP contribution >= 0.6 is 11.8 Å². The molecule has 0 bridgehead atoms. The number of rotatable bonds is 3. The van der Waals surface area contributed by atoms with Crippen molar-refractivity contribution in [2.24, 2.45) is 5.92 Å². The fraction of sp³-hybridized carbons (Fsp3) is 0.778. The molecular weight excluding hydrogens is 156 g/mol. The van der Waals surface area contributed by atoms with Crippen LogP contribution in [0, 0.1) is 5.92 Å². The van der Waals surface area contributed by atoms with Crippen LogP contribution in [0.15, 0.2) is 12.8 Å². The molecule has 0 aromatic rings. The molecule has 0 aromatic heterocycles. The first-order valence-electron chi connectivity index (χ1n) is 4.18. The minimum Gasteiger partial charge on any atom is -0.499 e. The van der Waals surface area contributed by atoms with E-state index in [9.17, 15) is 0 Å². The Hall–Kier alpha value is -0.110. The highest BCUT2D eigenvalue weighted by Gasteiger charge is 2.20. The average molecular weight is 172 g/mol. The van der Waals surface area contributed by atoms with E-state index in [1.165, 1.54) is 24.3 Å². The fourth-order valence-electron chi connectivity index (χ4n) is 1.45. The van der Waals surface area contributed by atoms with Crippen LogP contribution in [0.3, 0.4) is 0 Å². The van der Waals surface area contributed by atoms with Crippen LogP contribution in [0.25, 0.3) is 0 Å². The van der Waals surface area contributed by atoms with Gasteiger partial charge in [0.2, 0.25) is 0 Å². The second-order valence-electron chi connectivity index (χ2n) is 2.96. The smallest absolute Gasteiger partial charge is 0.0978 e. The van der Waals surface area contributed by atoms with E-state index < -0.39 is 0 Å². The van der Waals surface area contributed by atoms with Crippen molar-refractivity contribution in [3.05, 3.63) is 12.8 Å². The summed E-state index contributed by atoms with van der Waals surface area (Å²) in [6.45, 7) is 5.71. The van der Waals surface area contributed by atoms with Crippen LogP contribution in [0.4, 0.5) is 0 Å². The van der Waals surface area contributed by atoms with Gasteiger partial charge in [-0.05, 0) is 37.2 Å². The lowest BCUT2D eigenvalue weighted by Gasteiger charge is -2.26. The highest BCUT2D eigenvalue weighted by molar-refractivity contribution is 7.99. The topological polar surface area (TPSA) is 9.23 Å². The fourth-order valence-corrected chi connectivity index (χ4v) is 2.59. The Bertz CT molecular complexity index is 119. The minimum absolute atomic E-state index is 0.369. The Kier molecular flexibility index (Phi) is 3.84. The molecule has 1 atom stereocenters. The first kappa shape index (κ1) is 8.98. The molecule has 1 saturated heterocycles. The minimum atomic E-state index is 0.369. The third-order valence-electron chi connectivity index (χ3n) is 2.24. The Balaban J connectivity index is 2.26. The van der Waals surface area contributed by atoms with E-state index in [1.807, 2.05) is 0 Å². The van der Waals surface area contributed by atoms with Crippen molar-refractivity contribution in [3.8, 4) is 0 Å². The molecule has 11 heavy (non-hydrogen) atoms. The largest absolute Gasteiger partial charge is 0.499 e. The molecule has 1 unspecified atom stereocenters. The van der Waals surface area contributed by atoms with Gasteiger partial charge in [-0.2, -0.15) is 11.8 Å². The zero-order valence-corrected chi connectivity index (χ0v) is 7.90. The predicted molar refractivity (Wildman–Crippen MR) is 50.8 cm³/mol. The lowest BCUT2D eigenvalue weighted by Crippen LogP contribution is -2.23. The van der Waals surface area contributed by atoms with E-state index in [-0.39, 0.29) is 0 Å². The van der Waals surface area contributed by atoms with Gasteiger partial charge in [0.1, 0.15) is 0 Å². The summed E-state index contributed by atoms with van der Waals surface area (Å²) in [5.41, 5.74) is 0. The molecule has 1 nitrogen and oxygen atoms in total. The molecule has 1 rings (SSSR count). The molecule has 0 amide bonds. The quantitative estimate of drug-likeness (QED) is 0.605. The van der Waals surface area contributed by atoms with Crippen molar-refractivity contribution in [3.63, 3.8) is 0 Å². The summed E-state index contributed by atoms with van der Waals surface area (Å²) in [5.74, 6) is 3.36. The monoisotopic (exact) mass is 172 g/mol. The van der Waals surface area contributed by atoms with Crippen molar-refractivity contribution in [2.45, 2.75) is 25.9 Å². The Morgan fingerprint density at radius 1 is 1.55 bits per heavy atom. The molecule has 2 heteroatoms. The van der Waals surface area contributed by atoms with Gasteiger partial charge in [-0.15, -0.1) is 0 Å². The van der Waals surface area contributed by atoms with Crippen LogP contribution in [-0.2, 0) is 4.74 Å². The summed E-state index contributed by atoms with van der Waals surface area (Å²) >= 11 is 2.05. The summed E-state index contributed by atoms with van der Waals surface area (Å²) in [6.07, 6.45) is 4.54. The molecule has 1 fully saturated rings. The summed E-state index contributed by atoms with van der Waals surface area (Å²) in [6, 6.07) is 0. The van der Waals surface area contributed by atoms with Gasteiger partial charge in [-0.1, -0.05) is 6.58 Å². The Morgan fingerprint density at radius 3 is 2.73 bits per heavy atom. The maximum atomic E-state index is 5.34. The standard InChI is InChI=1S/C9H16OS/c1-3-10-8(2)9-4-6-11-7-5-9/h3,8-9H,1,4-7H2,2H3. The van der Waals surface area contributed by atoms with Crippen LogP contribution in [0.5, 0.6) is 0 Å². The molecule has 0 saturated carbocycles. The summed E-state index contributed by atoms with van der Waals surface area (Å²) in [7, 11) is 0. The van der Waals surface area contributed by atoms with Crippen molar-refractivity contribution < 1.29 is 4.74 Å². The van der Waals surface area contributed by atoms with Gasteiger partial charge in [0, 0.05) is 0 Å². The van der Waals surface area contributed by atoms with E-state index in [2.05, 4.69) is 25.3 Å². The number of hydrogen-bond acceptors (Lipinski definition) is 2. The van der Waals surface area contributed by atoms with Crippen LogP contribution < -0.4 is 0 Å². The van der Waals surface area contributed by atoms with Crippen molar-refractivity contribution in [1.29, 1.82) is 0 Å². The third-order valence-corrected chi connectivity index (χ3v) is 3.29. The number of ether oxygens (including phenoxy) is 1. The lowest BCUT2D eigenvalue weighted by atomic mass is 9.97. The first-order chi connectivity index (χ1) is 5.34. The van der Waals surface area contributed by atoms with Gasteiger partial charge in [-0.25, -0.2) is 0 Å². The molecule has 0 spiro atoms. The van der Waals surface area contributed by atoms with E-state index in [1.54, 1.807) is 6.26 Å². The molecule has 1 aliphatic heterocycles. The van der Waals surface area contributed by atoms with Crippen LogP contribution in [-0.4, -0.2) is 17.6 Å². The van der Waals surface area contributed by atoms with Crippen molar-refractivity contribution in [2.75, 3.05) is 11.5 Å². The SMILES string of the molecule is C=COC(C)C1CCSCC1.